The third-order valence-electron chi connectivity index (χ3n) is 3.80. The number of nitrogens with zero attached hydrogens (tertiary/aromatic N) is 4. The summed E-state index contributed by atoms with van der Waals surface area (Å²) in [6.07, 6.45) is 3.92. The van der Waals surface area contributed by atoms with E-state index in [0.29, 0.717) is 22.4 Å². The zero-order valence-corrected chi connectivity index (χ0v) is 15.0. The highest BCUT2D eigenvalue weighted by atomic mass is 32.2. The normalized spacial score (nSPS) is 11.4. The van der Waals surface area contributed by atoms with Gasteiger partial charge in [-0.3, -0.25) is 0 Å². The maximum absolute atomic E-state index is 12.2. The van der Waals surface area contributed by atoms with E-state index in [0.717, 1.165) is 16.9 Å². The van der Waals surface area contributed by atoms with Crippen molar-refractivity contribution < 1.29 is 17.9 Å². The number of rotatable bonds is 6. The van der Waals surface area contributed by atoms with Crippen molar-refractivity contribution in [3.63, 3.8) is 0 Å². The first-order valence-corrected chi connectivity index (χ1v) is 9.02. The Hall–Kier alpha value is -2.94. The second-order valence-electron chi connectivity index (χ2n) is 5.72. The van der Waals surface area contributed by atoms with Gasteiger partial charge in [0.2, 0.25) is 5.89 Å². The zero-order valence-electron chi connectivity index (χ0n) is 14.2. The number of aryl methyl sites for hydroxylation is 1. The third kappa shape index (κ3) is 3.92. The van der Waals surface area contributed by atoms with E-state index in [1.165, 1.54) is 23.9 Å². The van der Waals surface area contributed by atoms with Crippen LogP contribution in [-0.4, -0.2) is 26.2 Å². The van der Waals surface area contributed by atoms with Gasteiger partial charge in [0.05, 0.1) is 5.69 Å². The summed E-state index contributed by atoms with van der Waals surface area (Å²) in [7, 11) is 0. The minimum absolute atomic E-state index is 0.0741. The molecular formula is C18H14F2N4O2S. The molecule has 1 aromatic carbocycles. The molecule has 0 N–H and O–H groups in total. The number of hydrogen-bond donors (Lipinski definition) is 0. The SMILES string of the molecule is Cc1cccn2cc(CSc3nnc(-c4ccc(OC(F)F)cc4)o3)nc12. The van der Waals surface area contributed by atoms with Crippen LogP contribution in [0.4, 0.5) is 8.78 Å². The van der Waals surface area contributed by atoms with Crippen LogP contribution in [0.15, 0.2) is 58.4 Å². The summed E-state index contributed by atoms with van der Waals surface area (Å²) < 4.78 is 36.3. The number of fused-ring (bicyclic) bond motifs is 1. The Morgan fingerprint density at radius 1 is 1.19 bits per heavy atom. The van der Waals surface area contributed by atoms with Crippen molar-refractivity contribution >= 4 is 17.4 Å². The summed E-state index contributed by atoms with van der Waals surface area (Å²) in [5, 5.41) is 8.41. The Morgan fingerprint density at radius 2 is 2.00 bits per heavy atom. The molecule has 0 saturated heterocycles. The number of alkyl halides is 2. The molecule has 9 heteroatoms. The molecule has 4 rings (SSSR count). The number of hydrogen-bond acceptors (Lipinski definition) is 6. The van der Waals surface area contributed by atoms with Crippen molar-refractivity contribution in [3.05, 3.63) is 60.0 Å². The Bertz CT molecular complexity index is 1060. The molecule has 3 aromatic heterocycles. The highest BCUT2D eigenvalue weighted by molar-refractivity contribution is 7.98. The first-order valence-electron chi connectivity index (χ1n) is 8.03. The van der Waals surface area contributed by atoms with Crippen molar-refractivity contribution in [2.24, 2.45) is 0 Å². The quantitative estimate of drug-likeness (QED) is 0.450. The van der Waals surface area contributed by atoms with Gasteiger partial charge in [0.1, 0.15) is 11.4 Å². The smallest absolute Gasteiger partial charge is 0.387 e. The molecule has 27 heavy (non-hydrogen) atoms. The van der Waals surface area contributed by atoms with E-state index < -0.39 is 6.61 Å². The van der Waals surface area contributed by atoms with Crippen molar-refractivity contribution in [3.8, 4) is 17.2 Å². The molecule has 0 atom stereocenters. The molecule has 0 radical (unpaired) electrons. The van der Waals surface area contributed by atoms with Gasteiger partial charge in [-0.25, -0.2) is 4.98 Å². The maximum atomic E-state index is 12.2. The molecule has 3 heterocycles. The molecule has 0 fully saturated rings. The number of halogens is 2. The number of thioether (sulfide) groups is 1. The maximum Gasteiger partial charge on any atom is 0.387 e. The predicted molar refractivity (Wildman–Crippen MR) is 95.9 cm³/mol. The van der Waals surface area contributed by atoms with E-state index >= 15 is 0 Å². The molecular weight excluding hydrogens is 374 g/mol. The Morgan fingerprint density at radius 3 is 2.74 bits per heavy atom. The monoisotopic (exact) mass is 388 g/mol. The first kappa shape index (κ1) is 17.5. The van der Waals surface area contributed by atoms with Gasteiger partial charge in [-0.15, -0.1) is 10.2 Å². The lowest BCUT2D eigenvalue weighted by molar-refractivity contribution is -0.0498. The van der Waals surface area contributed by atoms with Crippen LogP contribution in [-0.2, 0) is 5.75 Å². The number of benzene rings is 1. The molecule has 0 bridgehead atoms. The second kappa shape index (κ2) is 7.36. The van der Waals surface area contributed by atoms with Crippen molar-refractivity contribution in [1.82, 2.24) is 19.6 Å². The molecule has 0 saturated carbocycles. The lowest BCUT2D eigenvalue weighted by Crippen LogP contribution is -2.01. The predicted octanol–water partition coefficient (Wildman–Crippen LogP) is 4.59. The number of ether oxygens (including phenoxy) is 1. The average Bonchev–Trinajstić information content (AvgIpc) is 3.27. The second-order valence-corrected chi connectivity index (χ2v) is 6.65. The number of imidazole rings is 1. The van der Waals surface area contributed by atoms with Crippen LogP contribution >= 0.6 is 11.8 Å². The minimum atomic E-state index is -2.86. The molecule has 4 aromatic rings. The Kier molecular flexibility index (Phi) is 4.76. The molecule has 0 aliphatic heterocycles. The van der Waals surface area contributed by atoms with Crippen molar-refractivity contribution in [2.45, 2.75) is 24.5 Å². The van der Waals surface area contributed by atoms with Gasteiger partial charge < -0.3 is 13.6 Å². The number of aromatic nitrogens is 4. The summed E-state index contributed by atoms with van der Waals surface area (Å²) in [5.74, 6) is 0.973. The van der Waals surface area contributed by atoms with Gasteiger partial charge in [0.25, 0.3) is 5.22 Å². The topological polar surface area (TPSA) is 65.5 Å². The molecule has 0 aliphatic carbocycles. The van der Waals surface area contributed by atoms with E-state index in [4.69, 9.17) is 4.42 Å². The van der Waals surface area contributed by atoms with Crippen LogP contribution in [0.3, 0.4) is 0 Å². The highest BCUT2D eigenvalue weighted by Gasteiger charge is 2.12. The Labute approximate surface area is 157 Å². The van der Waals surface area contributed by atoms with Crippen LogP contribution in [0.2, 0.25) is 0 Å². The van der Waals surface area contributed by atoms with Gasteiger partial charge in [0.15, 0.2) is 0 Å². The zero-order chi connectivity index (χ0) is 18.8. The lowest BCUT2D eigenvalue weighted by Gasteiger charge is -2.03. The fraction of sp³-hybridized carbons (Fsp3) is 0.167. The molecule has 0 aliphatic rings. The molecule has 138 valence electrons. The van der Waals surface area contributed by atoms with Crippen LogP contribution in [0.25, 0.3) is 17.1 Å². The van der Waals surface area contributed by atoms with E-state index in [1.807, 2.05) is 35.9 Å². The summed E-state index contributed by atoms with van der Waals surface area (Å²) in [6.45, 7) is -0.841. The average molecular weight is 388 g/mol. The van der Waals surface area contributed by atoms with Gasteiger partial charge in [-0.2, -0.15) is 8.78 Å². The highest BCUT2D eigenvalue weighted by Crippen LogP contribution is 2.27. The van der Waals surface area contributed by atoms with E-state index in [2.05, 4.69) is 19.9 Å². The minimum Gasteiger partial charge on any atom is -0.435 e. The van der Waals surface area contributed by atoms with Crippen molar-refractivity contribution in [1.29, 1.82) is 0 Å². The van der Waals surface area contributed by atoms with Crippen LogP contribution < -0.4 is 4.74 Å². The number of pyridine rings is 1. The van der Waals surface area contributed by atoms with Gasteiger partial charge in [-0.05, 0) is 42.8 Å². The molecule has 0 amide bonds. The van der Waals surface area contributed by atoms with Crippen LogP contribution in [0.1, 0.15) is 11.3 Å². The van der Waals surface area contributed by atoms with E-state index in [9.17, 15) is 8.78 Å². The fourth-order valence-corrected chi connectivity index (χ4v) is 3.22. The molecule has 0 unspecified atom stereocenters. The summed E-state index contributed by atoms with van der Waals surface area (Å²) in [6, 6.07) is 10.0. The lowest BCUT2D eigenvalue weighted by atomic mass is 10.2. The van der Waals surface area contributed by atoms with Gasteiger partial charge in [0, 0.05) is 23.7 Å². The Balaban J connectivity index is 1.43. The summed E-state index contributed by atoms with van der Waals surface area (Å²) in [4.78, 5) is 4.60. The first-order chi connectivity index (χ1) is 13.1. The van der Waals surface area contributed by atoms with E-state index in [1.54, 1.807) is 12.1 Å². The largest absolute Gasteiger partial charge is 0.435 e. The fourth-order valence-electron chi connectivity index (χ4n) is 2.57. The summed E-state index contributed by atoms with van der Waals surface area (Å²) >= 11 is 1.38. The van der Waals surface area contributed by atoms with Gasteiger partial charge in [-0.1, -0.05) is 17.8 Å². The van der Waals surface area contributed by atoms with Crippen molar-refractivity contribution in [2.75, 3.05) is 0 Å². The van der Waals surface area contributed by atoms with Crippen LogP contribution in [0, 0.1) is 6.92 Å². The molecule has 0 spiro atoms. The standard InChI is InChI=1S/C18H14F2N4O2S/c1-11-3-2-8-24-9-13(21-15(11)24)10-27-18-23-22-16(26-18)12-4-6-14(7-5-12)25-17(19)20/h2-9,17H,10H2,1H3. The van der Waals surface area contributed by atoms with Crippen LogP contribution in [0.5, 0.6) is 5.75 Å². The van der Waals surface area contributed by atoms with E-state index in [-0.39, 0.29) is 5.75 Å². The molecule has 6 nitrogen and oxygen atoms in total. The van der Waals surface area contributed by atoms with Gasteiger partial charge >= 0.3 is 6.61 Å². The third-order valence-corrected chi connectivity index (χ3v) is 4.66. The summed E-state index contributed by atoms with van der Waals surface area (Å²) in [5.41, 5.74) is 3.56.